The van der Waals surface area contributed by atoms with Crippen LogP contribution < -0.4 is 10.7 Å². The molecule has 2 heterocycles. The van der Waals surface area contributed by atoms with Gasteiger partial charge >= 0.3 is 0 Å². The Morgan fingerprint density at radius 3 is 2.74 bits per heavy atom. The molecule has 2 aromatic carbocycles. The lowest BCUT2D eigenvalue weighted by atomic mass is 10.0. The number of carbonyl (C=O) groups is 2. The van der Waals surface area contributed by atoms with Gasteiger partial charge in [0.05, 0.1) is 30.0 Å². The second-order valence-corrected chi connectivity index (χ2v) is 9.34. The molecule has 9 heteroatoms. The van der Waals surface area contributed by atoms with Crippen LogP contribution in [-0.4, -0.2) is 57.1 Å². The predicted octanol–water partition coefficient (Wildman–Crippen LogP) is 2.96. The highest BCUT2D eigenvalue weighted by Crippen LogP contribution is 2.23. The molecule has 1 aliphatic rings. The van der Waals surface area contributed by atoms with Crippen LogP contribution in [-0.2, 0) is 22.6 Å². The summed E-state index contributed by atoms with van der Waals surface area (Å²) in [4.78, 5) is 33.0. The molecule has 38 heavy (non-hydrogen) atoms. The number of aromatic nitrogens is 1. The van der Waals surface area contributed by atoms with E-state index in [1.54, 1.807) is 59.6 Å². The van der Waals surface area contributed by atoms with E-state index in [0.717, 1.165) is 29.7 Å². The summed E-state index contributed by atoms with van der Waals surface area (Å²) in [5.74, 6) is -0.276. The van der Waals surface area contributed by atoms with Gasteiger partial charge in [-0.25, -0.2) is 10.4 Å². The Balaban J connectivity index is 1.57. The Bertz CT molecular complexity index is 1320. The zero-order valence-electron chi connectivity index (χ0n) is 21.6. The Kier molecular flexibility index (Phi) is 8.69. The van der Waals surface area contributed by atoms with Gasteiger partial charge in [0.1, 0.15) is 11.8 Å². The van der Waals surface area contributed by atoms with Gasteiger partial charge in [0.15, 0.2) is 0 Å². The number of nitriles is 1. The lowest BCUT2D eigenvalue weighted by molar-refractivity contribution is -0.153. The Hall–Kier alpha value is -4.26. The lowest BCUT2D eigenvalue weighted by Gasteiger charge is -2.43. The highest BCUT2D eigenvalue weighted by atomic mass is 16.3. The van der Waals surface area contributed by atoms with Crippen LogP contribution in [0.15, 0.2) is 66.9 Å². The maximum absolute atomic E-state index is 13.7. The average Bonchev–Trinajstić information content (AvgIpc) is 2.92. The first-order valence-electron chi connectivity index (χ1n) is 12.7. The van der Waals surface area contributed by atoms with E-state index < -0.39 is 6.04 Å². The van der Waals surface area contributed by atoms with Crippen LogP contribution in [0.5, 0.6) is 5.75 Å². The summed E-state index contributed by atoms with van der Waals surface area (Å²) in [7, 11) is 0. The summed E-state index contributed by atoms with van der Waals surface area (Å²) in [6, 6.07) is 18.9. The topological polar surface area (TPSA) is 122 Å². The van der Waals surface area contributed by atoms with Crippen molar-refractivity contribution in [3.8, 4) is 23.1 Å². The standard InChI is InChI=1S/C29H32N6O3/c1-3-14-34-19-27(37)35(20(2)33-34)26(16-21-9-11-25(36)12-10-21)29(38)32-18-24-8-5-13-31-28(24)23-7-4-6-22(15-23)17-30/h4-13,15,20,26,33,36H,3,14,16,18-19H2,1-2H3,(H,32,38)/t20-,26+/m1/s1. The number of nitrogens with one attached hydrogen (secondary N) is 2. The monoisotopic (exact) mass is 512 g/mol. The second-order valence-electron chi connectivity index (χ2n) is 9.34. The molecule has 0 saturated carbocycles. The fraction of sp³-hybridized carbons (Fsp3) is 0.310. The van der Waals surface area contributed by atoms with Crippen LogP contribution in [0.25, 0.3) is 11.3 Å². The third-order valence-electron chi connectivity index (χ3n) is 6.51. The van der Waals surface area contributed by atoms with Crippen molar-refractivity contribution in [3.63, 3.8) is 0 Å². The zero-order valence-corrected chi connectivity index (χ0v) is 21.6. The first kappa shape index (κ1) is 26.8. The van der Waals surface area contributed by atoms with Crippen LogP contribution in [0.1, 0.15) is 37.0 Å². The number of hydrogen-bond acceptors (Lipinski definition) is 7. The molecule has 196 valence electrons. The van der Waals surface area contributed by atoms with Gasteiger partial charge in [0, 0.05) is 31.3 Å². The van der Waals surface area contributed by atoms with Crippen LogP contribution in [0, 0.1) is 11.3 Å². The lowest BCUT2D eigenvalue weighted by Crippen LogP contribution is -2.67. The van der Waals surface area contributed by atoms with Gasteiger partial charge in [-0.2, -0.15) is 5.26 Å². The number of phenolic OH excluding ortho intramolecular Hbond substituents is 1. The highest BCUT2D eigenvalue weighted by molar-refractivity contribution is 5.89. The summed E-state index contributed by atoms with van der Waals surface area (Å²) < 4.78 is 0. The maximum Gasteiger partial charge on any atom is 0.243 e. The molecule has 0 bridgehead atoms. The summed E-state index contributed by atoms with van der Waals surface area (Å²) in [5.41, 5.74) is 6.94. The van der Waals surface area contributed by atoms with E-state index in [9.17, 15) is 20.0 Å². The minimum Gasteiger partial charge on any atom is -0.508 e. The zero-order chi connectivity index (χ0) is 27.1. The van der Waals surface area contributed by atoms with Crippen LogP contribution in [0.4, 0.5) is 0 Å². The quantitative estimate of drug-likeness (QED) is 0.403. The number of phenols is 1. The smallest absolute Gasteiger partial charge is 0.243 e. The van der Waals surface area contributed by atoms with Crippen molar-refractivity contribution >= 4 is 11.8 Å². The van der Waals surface area contributed by atoms with E-state index in [1.165, 1.54) is 0 Å². The molecule has 0 spiro atoms. The van der Waals surface area contributed by atoms with E-state index in [1.807, 2.05) is 31.0 Å². The minimum atomic E-state index is -0.764. The number of rotatable bonds is 9. The van der Waals surface area contributed by atoms with Crippen molar-refractivity contribution in [3.05, 3.63) is 83.6 Å². The molecule has 0 unspecified atom stereocenters. The first-order chi connectivity index (χ1) is 18.4. The van der Waals surface area contributed by atoms with Crippen LogP contribution in [0.3, 0.4) is 0 Å². The number of carbonyl (C=O) groups excluding carboxylic acids is 2. The van der Waals surface area contributed by atoms with Crippen molar-refractivity contribution in [1.82, 2.24) is 25.6 Å². The third-order valence-corrected chi connectivity index (χ3v) is 6.51. The predicted molar refractivity (Wildman–Crippen MR) is 143 cm³/mol. The fourth-order valence-corrected chi connectivity index (χ4v) is 4.74. The van der Waals surface area contributed by atoms with Gasteiger partial charge in [-0.3, -0.25) is 14.6 Å². The highest BCUT2D eigenvalue weighted by Gasteiger charge is 2.37. The number of aromatic hydroxyl groups is 1. The van der Waals surface area contributed by atoms with Gasteiger partial charge in [-0.15, -0.1) is 0 Å². The molecule has 4 rings (SSSR count). The first-order valence-corrected chi connectivity index (χ1v) is 12.7. The van der Waals surface area contributed by atoms with Crippen molar-refractivity contribution in [2.24, 2.45) is 0 Å². The summed E-state index contributed by atoms with van der Waals surface area (Å²) in [6.45, 7) is 5.04. The van der Waals surface area contributed by atoms with E-state index in [4.69, 9.17) is 0 Å². The molecule has 1 aromatic heterocycles. The molecule has 9 nitrogen and oxygen atoms in total. The van der Waals surface area contributed by atoms with Crippen molar-refractivity contribution < 1.29 is 14.7 Å². The fourth-order valence-electron chi connectivity index (χ4n) is 4.74. The molecule has 1 saturated heterocycles. The molecular formula is C29H32N6O3. The number of benzene rings is 2. The summed E-state index contributed by atoms with van der Waals surface area (Å²) in [6.07, 6.45) is 2.49. The van der Waals surface area contributed by atoms with Crippen molar-refractivity contribution in [1.29, 1.82) is 5.26 Å². The molecule has 3 N–H and O–H groups in total. The molecule has 2 atom stereocenters. The van der Waals surface area contributed by atoms with Gasteiger partial charge in [0.2, 0.25) is 11.8 Å². The SMILES string of the molecule is CCCN1CC(=O)N([C@@H](Cc2ccc(O)cc2)C(=O)NCc2cccnc2-c2cccc(C#N)c2)[C@H](C)N1. The van der Waals surface area contributed by atoms with E-state index in [0.29, 0.717) is 17.7 Å². The number of amides is 2. The molecule has 2 amide bonds. The van der Waals surface area contributed by atoms with Crippen LogP contribution >= 0.6 is 0 Å². The minimum absolute atomic E-state index is 0.126. The molecule has 1 fully saturated rings. The molecule has 0 radical (unpaired) electrons. The summed E-state index contributed by atoms with van der Waals surface area (Å²) >= 11 is 0. The molecule has 3 aromatic rings. The molecular weight excluding hydrogens is 480 g/mol. The average molecular weight is 513 g/mol. The van der Waals surface area contributed by atoms with Crippen molar-refractivity contribution in [2.45, 2.75) is 45.4 Å². The number of hydrazine groups is 1. The normalized spacial score (nSPS) is 16.6. The van der Waals surface area contributed by atoms with E-state index in [-0.39, 0.29) is 36.8 Å². The number of hydrogen-bond donors (Lipinski definition) is 3. The Labute approximate surface area is 222 Å². The largest absolute Gasteiger partial charge is 0.508 e. The third kappa shape index (κ3) is 6.35. The van der Waals surface area contributed by atoms with E-state index in [2.05, 4.69) is 21.8 Å². The molecule has 0 aliphatic carbocycles. The van der Waals surface area contributed by atoms with Gasteiger partial charge in [0.25, 0.3) is 0 Å². The second kappa shape index (κ2) is 12.3. The van der Waals surface area contributed by atoms with Crippen molar-refractivity contribution in [2.75, 3.05) is 13.1 Å². The van der Waals surface area contributed by atoms with Gasteiger partial charge < -0.3 is 15.3 Å². The number of pyridine rings is 1. The van der Waals surface area contributed by atoms with Crippen LogP contribution in [0.2, 0.25) is 0 Å². The number of nitrogens with zero attached hydrogens (tertiary/aromatic N) is 4. The maximum atomic E-state index is 13.7. The van der Waals surface area contributed by atoms with Gasteiger partial charge in [-0.1, -0.05) is 37.3 Å². The Morgan fingerprint density at radius 2 is 2.03 bits per heavy atom. The summed E-state index contributed by atoms with van der Waals surface area (Å²) in [5, 5.41) is 23.9. The molecule has 1 aliphatic heterocycles. The Morgan fingerprint density at radius 1 is 1.24 bits per heavy atom. The van der Waals surface area contributed by atoms with Gasteiger partial charge in [-0.05, 0) is 54.8 Å². The van der Waals surface area contributed by atoms with E-state index >= 15 is 0 Å².